The van der Waals surface area contributed by atoms with Gasteiger partial charge in [0.05, 0.1) is 0 Å². The Bertz CT molecular complexity index is 247. The lowest BCUT2D eigenvalue weighted by molar-refractivity contribution is 0.287. The van der Waals surface area contributed by atoms with E-state index in [1.165, 1.54) is 75.5 Å². The topological polar surface area (TPSA) is 27.6 Å². The zero-order chi connectivity index (χ0) is 12.5. The Morgan fingerprint density at radius 3 is 2.72 bits per heavy atom. The van der Waals surface area contributed by atoms with Crippen LogP contribution in [0.4, 0.5) is 0 Å². The minimum absolute atomic E-state index is 1.02. The first-order chi connectivity index (χ1) is 8.95. The summed E-state index contributed by atoms with van der Waals surface area (Å²) < 4.78 is 0. The molecule has 0 atom stereocenters. The summed E-state index contributed by atoms with van der Waals surface area (Å²) >= 11 is 1.92. The summed E-state index contributed by atoms with van der Waals surface area (Å²) in [6.07, 6.45) is 9.48. The highest BCUT2D eigenvalue weighted by atomic mass is 32.2. The van der Waals surface area contributed by atoms with Crippen molar-refractivity contribution in [1.82, 2.24) is 10.2 Å². The molecule has 2 rings (SSSR count). The Morgan fingerprint density at radius 1 is 1.06 bits per heavy atom. The third-order valence-electron chi connectivity index (χ3n) is 3.67. The van der Waals surface area contributed by atoms with Crippen LogP contribution in [0, 0.1) is 0 Å². The van der Waals surface area contributed by atoms with Crippen molar-refractivity contribution in [2.24, 2.45) is 4.99 Å². The van der Waals surface area contributed by atoms with Crippen molar-refractivity contribution in [2.45, 2.75) is 44.9 Å². The van der Waals surface area contributed by atoms with Crippen molar-refractivity contribution in [3.8, 4) is 0 Å². The van der Waals surface area contributed by atoms with Crippen LogP contribution in [-0.4, -0.2) is 48.5 Å². The predicted molar refractivity (Wildman–Crippen MR) is 81.5 cm³/mol. The van der Waals surface area contributed by atoms with E-state index in [4.69, 9.17) is 0 Å². The molecule has 0 radical (unpaired) electrons. The third-order valence-corrected chi connectivity index (χ3v) is 4.71. The van der Waals surface area contributed by atoms with Gasteiger partial charge in [0, 0.05) is 18.8 Å². The first-order valence-corrected chi connectivity index (χ1v) is 8.57. The average molecular weight is 269 g/mol. The SMILES string of the molecule is C1CCCN(CCCSC2=NCCCCN2)CC1. The largest absolute Gasteiger partial charge is 0.365 e. The van der Waals surface area contributed by atoms with Crippen molar-refractivity contribution in [2.75, 3.05) is 38.5 Å². The molecule has 0 amide bonds. The highest BCUT2D eigenvalue weighted by Crippen LogP contribution is 2.12. The quantitative estimate of drug-likeness (QED) is 0.795. The van der Waals surface area contributed by atoms with Gasteiger partial charge in [0.15, 0.2) is 5.17 Å². The molecule has 1 fully saturated rings. The fourth-order valence-corrected chi connectivity index (χ4v) is 3.44. The van der Waals surface area contributed by atoms with Gasteiger partial charge in [-0.2, -0.15) is 0 Å². The molecule has 104 valence electrons. The highest BCUT2D eigenvalue weighted by Gasteiger charge is 2.09. The molecule has 0 aliphatic carbocycles. The Labute approximate surface area is 116 Å². The van der Waals surface area contributed by atoms with E-state index in [9.17, 15) is 0 Å². The average Bonchev–Trinajstić information content (AvgIpc) is 2.79. The molecule has 1 N–H and O–H groups in total. The summed E-state index contributed by atoms with van der Waals surface area (Å²) in [5, 5.41) is 4.61. The number of hydrogen-bond acceptors (Lipinski definition) is 4. The number of thioether (sulfide) groups is 1. The number of hydrogen-bond donors (Lipinski definition) is 1. The van der Waals surface area contributed by atoms with Crippen LogP contribution in [-0.2, 0) is 0 Å². The summed E-state index contributed by atoms with van der Waals surface area (Å²) in [6, 6.07) is 0. The van der Waals surface area contributed by atoms with Crippen LogP contribution in [0.1, 0.15) is 44.9 Å². The molecular formula is C14H27N3S. The number of likely N-dealkylation sites (tertiary alicyclic amines) is 1. The molecule has 18 heavy (non-hydrogen) atoms. The van der Waals surface area contributed by atoms with Crippen LogP contribution in [0.2, 0.25) is 0 Å². The Balaban J connectivity index is 1.55. The normalized spacial score (nSPS) is 22.8. The number of rotatable bonds is 4. The molecular weight excluding hydrogens is 242 g/mol. The monoisotopic (exact) mass is 269 g/mol. The number of amidine groups is 1. The van der Waals surface area contributed by atoms with E-state index in [-0.39, 0.29) is 0 Å². The highest BCUT2D eigenvalue weighted by molar-refractivity contribution is 8.13. The lowest BCUT2D eigenvalue weighted by Crippen LogP contribution is -2.26. The van der Waals surface area contributed by atoms with Gasteiger partial charge < -0.3 is 10.2 Å². The molecule has 2 heterocycles. The summed E-state index contributed by atoms with van der Waals surface area (Å²) in [5.74, 6) is 1.21. The number of aliphatic imine (C=N–C) groups is 1. The molecule has 0 bridgehead atoms. The first-order valence-electron chi connectivity index (χ1n) is 7.58. The zero-order valence-corrected chi connectivity index (χ0v) is 12.3. The molecule has 0 unspecified atom stereocenters. The van der Waals surface area contributed by atoms with Gasteiger partial charge in [0.2, 0.25) is 0 Å². The predicted octanol–water partition coefficient (Wildman–Crippen LogP) is 2.73. The van der Waals surface area contributed by atoms with Gasteiger partial charge in [-0.05, 0) is 51.7 Å². The Morgan fingerprint density at radius 2 is 1.89 bits per heavy atom. The van der Waals surface area contributed by atoms with Crippen LogP contribution in [0.15, 0.2) is 4.99 Å². The molecule has 0 aromatic carbocycles. The van der Waals surface area contributed by atoms with Crippen molar-refractivity contribution in [3.63, 3.8) is 0 Å². The molecule has 2 aliphatic heterocycles. The molecule has 0 saturated carbocycles. The maximum Gasteiger partial charge on any atom is 0.156 e. The van der Waals surface area contributed by atoms with Gasteiger partial charge in [0.1, 0.15) is 0 Å². The van der Waals surface area contributed by atoms with E-state index < -0.39 is 0 Å². The fraction of sp³-hybridized carbons (Fsp3) is 0.929. The van der Waals surface area contributed by atoms with E-state index >= 15 is 0 Å². The van der Waals surface area contributed by atoms with Crippen molar-refractivity contribution in [1.29, 1.82) is 0 Å². The van der Waals surface area contributed by atoms with Gasteiger partial charge in [-0.15, -0.1) is 0 Å². The van der Waals surface area contributed by atoms with Crippen molar-refractivity contribution in [3.05, 3.63) is 0 Å². The van der Waals surface area contributed by atoms with Crippen LogP contribution in [0.3, 0.4) is 0 Å². The van der Waals surface area contributed by atoms with Gasteiger partial charge >= 0.3 is 0 Å². The van der Waals surface area contributed by atoms with Gasteiger partial charge in [-0.3, -0.25) is 4.99 Å². The second kappa shape index (κ2) is 8.81. The second-order valence-corrected chi connectivity index (χ2v) is 6.36. The van der Waals surface area contributed by atoms with E-state index in [0.717, 1.165) is 13.1 Å². The van der Waals surface area contributed by atoms with E-state index in [1.54, 1.807) is 0 Å². The Kier molecular flexibility index (Phi) is 6.95. The lowest BCUT2D eigenvalue weighted by atomic mass is 10.2. The van der Waals surface area contributed by atoms with E-state index in [0.29, 0.717) is 0 Å². The van der Waals surface area contributed by atoms with E-state index in [2.05, 4.69) is 15.2 Å². The molecule has 4 heteroatoms. The standard InChI is InChI=1S/C14H27N3S/c1-2-6-11-17(10-5-1)12-7-13-18-14-15-8-3-4-9-16-14/h1-13H2,(H,15,16). The van der Waals surface area contributed by atoms with E-state index in [1.807, 2.05) is 11.8 Å². The number of nitrogens with zero attached hydrogens (tertiary/aromatic N) is 2. The summed E-state index contributed by atoms with van der Waals surface area (Å²) in [7, 11) is 0. The molecule has 0 aromatic rings. The summed E-state index contributed by atoms with van der Waals surface area (Å²) in [6.45, 7) is 6.05. The van der Waals surface area contributed by atoms with Crippen LogP contribution >= 0.6 is 11.8 Å². The van der Waals surface area contributed by atoms with Crippen molar-refractivity contribution >= 4 is 16.9 Å². The fourth-order valence-electron chi connectivity index (χ4n) is 2.58. The second-order valence-electron chi connectivity index (χ2n) is 5.28. The minimum Gasteiger partial charge on any atom is -0.365 e. The maximum absolute atomic E-state index is 4.58. The first kappa shape index (κ1) is 14.2. The molecule has 3 nitrogen and oxygen atoms in total. The molecule has 0 aromatic heterocycles. The minimum atomic E-state index is 1.02. The summed E-state index contributed by atoms with van der Waals surface area (Å²) in [5.41, 5.74) is 0. The van der Waals surface area contributed by atoms with Crippen LogP contribution in [0.25, 0.3) is 0 Å². The van der Waals surface area contributed by atoms with Gasteiger partial charge in [0.25, 0.3) is 0 Å². The van der Waals surface area contributed by atoms with Crippen molar-refractivity contribution < 1.29 is 0 Å². The molecule has 0 spiro atoms. The lowest BCUT2D eigenvalue weighted by Gasteiger charge is -2.19. The third kappa shape index (κ3) is 5.61. The van der Waals surface area contributed by atoms with Gasteiger partial charge in [-0.1, -0.05) is 24.6 Å². The Hall–Kier alpha value is -0.220. The maximum atomic E-state index is 4.58. The molecule has 2 aliphatic rings. The number of nitrogens with one attached hydrogen (secondary N) is 1. The zero-order valence-electron chi connectivity index (χ0n) is 11.5. The summed E-state index contributed by atoms with van der Waals surface area (Å²) in [4.78, 5) is 7.23. The van der Waals surface area contributed by atoms with Crippen LogP contribution in [0.5, 0.6) is 0 Å². The van der Waals surface area contributed by atoms with Gasteiger partial charge in [-0.25, -0.2) is 0 Å². The van der Waals surface area contributed by atoms with Crippen LogP contribution < -0.4 is 5.32 Å². The molecule has 1 saturated heterocycles. The smallest absolute Gasteiger partial charge is 0.156 e.